The van der Waals surface area contributed by atoms with E-state index < -0.39 is 0 Å². The summed E-state index contributed by atoms with van der Waals surface area (Å²) >= 11 is 0. The minimum absolute atomic E-state index is 0.519. The number of carbonyl (C=O) groups is 2. The predicted octanol–water partition coefficient (Wildman–Crippen LogP) is 2.83. The van der Waals surface area contributed by atoms with E-state index in [9.17, 15) is 9.59 Å². The van der Waals surface area contributed by atoms with E-state index in [-0.39, 0.29) is 0 Å². The molecule has 106 valence electrons. The van der Waals surface area contributed by atoms with Gasteiger partial charge in [-0.2, -0.15) is 0 Å². The Kier molecular flexibility index (Phi) is 3.78. The zero-order valence-corrected chi connectivity index (χ0v) is 11.5. The number of aromatic nitrogens is 3. The Balaban J connectivity index is 1.97. The molecule has 5 nitrogen and oxygen atoms in total. The van der Waals surface area contributed by atoms with Crippen molar-refractivity contribution in [1.82, 2.24) is 15.0 Å². The van der Waals surface area contributed by atoms with Gasteiger partial charge in [-0.1, -0.05) is 6.07 Å². The molecule has 3 aromatic heterocycles. The highest BCUT2D eigenvalue weighted by molar-refractivity contribution is 5.76. The first-order chi connectivity index (χ1) is 10.8. The van der Waals surface area contributed by atoms with Gasteiger partial charge in [0.15, 0.2) is 12.6 Å². The van der Waals surface area contributed by atoms with E-state index >= 15 is 0 Å². The molecule has 3 rings (SSSR count). The Hall–Kier alpha value is -3.21. The Morgan fingerprint density at radius 3 is 1.50 bits per heavy atom. The molecule has 3 heterocycles. The zero-order chi connectivity index (χ0) is 15.4. The third kappa shape index (κ3) is 2.78. The second-order valence-corrected chi connectivity index (χ2v) is 4.60. The molecule has 5 heteroatoms. The van der Waals surface area contributed by atoms with Gasteiger partial charge in [0.25, 0.3) is 0 Å². The van der Waals surface area contributed by atoms with Crippen molar-refractivity contribution in [2.24, 2.45) is 0 Å². The van der Waals surface area contributed by atoms with Crippen molar-refractivity contribution < 1.29 is 9.59 Å². The minimum Gasteiger partial charge on any atom is -0.298 e. The fraction of sp³-hybridized carbons (Fsp3) is 0. The van der Waals surface area contributed by atoms with E-state index in [2.05, 4.69) is 15.0 Å². The van der Waals surface area contributed by atoms with Crippen molar-refractivity contribution >= 4 is 12.6 Å². The maximum atomic E-state index is 10.7. The van der Waals surface area contributed by atoms with E-state index in [1.807, 2.05) is 18.2 Å². The molecule has 0 atom stereocenters. The molecule has 0 aliphatic carbocycles. The minimum atomic E-state index is 0.519. The van der Waals surface area contributed by atoms with Crippen LogP contribution in [0.15, 0.2) is 54.9 Å². The lowest BCUT2D eigenvalue weighted by Crippen LogP contribution is -1.93. The normalized spacial score (nSPS) is 10.2. The van der Waals surface area contributed by atoms with Gasteiger partial charge in [0, 0.05) is 23.5 Å². The Morgan fingerprint density at radius 2 is 1.14 bits per heavy atom. The lowest BCUT2D eigenvalue weighted by atomic mass is 10.1. The molecule has 0 radical (unpaired) electrons. The summed E-state index contributed by atoms with van der Waals surface area (Å²) in [6.45, 7) is 0. The van der Waals surface area contributed by atoms with Crippen molar-refractivity contribution in [3.8, 4) is 22.8 Å². The van der Waals surface area contributed by atoms with Crippen LogP contribution in [0.4, 0.5) is 0 Å². The average Bonchev–Trinajstić information content (AvgIpc) is 2.62. The standard InChI is InChI=1S/C17H11N3O2/c21-10-12-4-6-14(18-8-12)16-2-1-3-17(20-16)15-7-5-13(11-22)9-19-15/h1-11H. The maximum Gasteiger partial charge on any atom is 0.151 e. The van der Waals surface area contributed by atoms with Gasteiger partial charge in [-0.05, 0) is 36.4 Å². The molecule has 0 amide bonds. The van der Waals surface area contributed by atoms with Crippen molar-refractivity contribution in [2.75, 3.05) is 0 Å². The van der Waals surface area contributed by atoms with Gasteiger partial charge < -0.3 is 0 Å². The van der Waals surface area contributed by atoms with Gasteiger partial charge in [0.2, 0.25) is 0 Å². The first-order valence-corrected chi connectivity index (χ1v) is 6.60. The molecule has 0 aliphatic heterocycles. The monoisotopic (exact) mass is 289 g/mol. The summed E-state index contributed by atoms with van der Waals surface area (Å²) in [5.74, 6) is 0. The molecule has 0 aromatic carbocycles. The lowest BCUT2D eigenvalue weighted by Gasteiger charge is -2.04. The van der Waals surface area contributed by atoms with Crippen LogP contribution in [-0.2, 0) is 0 Å². The number of hydrogen-bond acceptors (Lipinski definition) is 5. The van der Waals surface area contributed by atoms with Crippen molar-refractivity contribution in [3.63, 3.8) is 0 Å². The van der Waals surface area contributed by atoms with Gasteiger partial charge >= 0.3 is 0 Å². The second kappa shape index (κ2) is 6.05. The smallest absolute Gasteiger partial charge is 0.151 e. The van der Waals surface area contributed by atoms with Crippen LogP contribution in [-0.4, -0.2) is 27.5 Å². The van der Waals surface area contributed by atoms with Crippen LogP contribution in [0.25, 0.3) is 22.8 Å². The molecule has 0 spiro atoms. The number of aldehydes is 2. The summed E-state index contributed by atoms with van der Waals surface area (Å²) in [5.41, 5.74) is 3.78. The van der Waals surface area contributed by atoms with E-state index in [0.29, 0.717) is 33.9 Å². The molecule has 0 saturated heterocycles. The molecule has 0 unspecified atom stereocenters. The van der Waals surface area contributed by atoms with Crippen LogP contribution in [0.5, 0.6) is 0 Å². The summed E-state index contributed by atoms with van der Waals surface area (Å²) < 4.78 is 0. The largest absolute Gasteiger partial charge is 0.298 e. The molecule has 3 aromatic rings. The number of hydrogen-bond donors (Lipinski definition) is 0. The van der Waals surface area contributed by atoms with Crippen LogP contribution in [0.2, 0.25) is 0 Å². The fourth-order valence-electron chi connectivity index (χ4n) is 1.97. The van der Waals surface area contributed by atoms with Gasteiger partial charge in [-0.3, -0.25) is 19.6 Å². The number of pyridine rings is 3. The number of nitrogens with zero attached hydrogens (tertiary/aromatic N) is 3. The number of rotatable bonds is 4. The van der Waals surface area contributed by atoms with Crippen molar-refractivity contribution in [3.05, 3.63) is 66.0 Å². The summed E-state index contributed by atoms with van der Waals surface area (Å²) in [5, 5.41) is 0. The van der Waals surface area contributed by atoms with Gasteiger partial charge in [0.05, 0.1) is 22.8 Å². The second-order valence-electron chi connectivity index (χ2n) is 4.60. The summed E-state index contributed by atoms with van der Waals surface area (Å²) in [4.78, 5) is 34.3. The SMILES string of the molecule is O=Cc1ccc(-c2cccc(-c3ccc(C=O)cn3)n2)nc1. The molecule has 0 aliphatic rings. The Bertz CT molecular complexity index is 745. The van der Waals surface area contributed by atoms with Gasteiger partial charge in [0.1, 0.15) is 0 Å². The molecule has 0 bridgehead atoms. The maximum absolute atomic E-state index is 10.7. The van der Waals surface area contributed by atoms with Gasteiger partial charge in [-0.15, -0.1) is 0 Å². The first-order valence-electron chi connectivity index (χ1n) is 6.60. The van der Waals surface area contributed by atoms with Crippen molar-refractivity contribution in [2.45, 2.75) is 0 Å². The Labute approximate surface area is 126 Å². The third-order valence-electron chi connectivity index (χ3n) is 3.12. The molecule has 0 saturated carbocycles. The summed E-state index contributed by atoms with van der Waals surface area (Å²) in [6.07, 6.45) is 4.51. The highest BCUT2D eigenvalue weighted by Gasteiger charge is 2.05. The molecule has 0 fully saturated rings. The quantitative estimate of drug-likeness (QED) is 0.690. The van der Waals surface area contributed by atoms with E-state index in [1.165, 1.54) is 12.4 Å². The lowest BCUT2D eigenvalue weighted by molar-refractivity contribution is 0.111. The zero-order valence-electron chi connectivity index (χ0n) is 11.5. The van der Waals surface area contributed by atoms with Gasteiger partial charge in [-0.25, -0.2) is 4.98 Å². The Morgan fingerprint density at radius 1 is 0.636 bits per heavy atom. The van der Waals surface area contributed by atoms with E-state index in [4.69, 9.17) is 0 Å². The summed E-state index contributed by atoms with van der Waals surface area (Å²) in [7, 11) is 0. The summed E-state index contributed by atoms with van der Waals surface area (Å²) in [6, 6.07) is 12.4. The highest BCUT2D eigenvalue weighted by Crippen LogP contribution is 2.20. The average molecular weight is 289 g/mol. The van der Waals surface area contributed by atoms with Crippen LogP contribution >= 0.6 is 0 Å². The van der Waals surface area contributed by atoms with Crippen LogP contribution in [0.1, 0.15) is 20.7 Å². The number of carbonyl (C=O) groups excluding carboxylic acids is 2. The van der Waals surface area contributed by atoms with Crippen LogP contribution < -0.4 is 0 Å². The molecular weight excluding hydrogens is 278 g/mol. The van der Waals surface area contributed by atoms with E-state index in [1.54, 1.807) is 24.3 Å². The first kappa shape index (κ1) is 13.8. The molecule has 0 N–H and O–H groups in total. The third-order valence-corrected chi connectivity index (χ3v) is 3.12. The molecular formula is C17H11N3O2. The van der Waals surface area contributed by atoms with Crippen LogP contribution in [0.3, 0.4) is 0 Å². The fourth-order valence-corrected chi connectivity index (χ4v) is 1.97. The topological polar surface area (TPSA) is 72.8 Å². The van der Waals surface area contributed by atoms with Crippen molar-refractivity contribution in [1.29, 1.82) is 0 Å². The highest BCUT2D eigenvalue weighted by atomic mass is 16.1. The van der Waals surface area contributed by atoms with E-state index in [0.717, 1.165) is 12.6 Å². The molecule has 22 heavy (non-hydrogen) atoms. The predicted molar refractivity (Wildman–Crippen MR) is 81.5 cm³/mol. The van der Waals surface area contributed by atoms with Crippen LogP contribution in [0, 0.1) is 0 Å².